The molecule has 0 nitrogen and oxygen atoms in total. The third-order valence-electron chi connectivity index (χ3n) is 2.43. The van der Waals surface area contributed by atoms with Gasteiger partial charge in [0.05, 0.1) is 0 Å². The zero-order chi connectivity index (χ0) is 11.3. The van der Waals surface area contributed by atoms with Crippen LogP contribution in [-0.2, 0) is 6.42 Å². The molecule has 0 heterocycles. The molecule has 0 radical (unpaired) electrons. The molecule has 1 rings (SSSR count). The monoisotopic (exact) mass is 200 g/mol. The summed E-state index contributed by atoms with van der Waals surface area (Å²) in [6.45, 7) is 10.2. The van der Waals surface area contributed by atoms with Gasteiger partial charge in [0, 0.05) is 0 Å². The van der Waals surface area contributed by atoms with Crippen molar-refractivity contribution in [2.45, 2.75) is 33.6 Å². The molecule has 15 heavy (non-hydrogen) atoms. The van der Waals surface area contributed by atoms with Crippen LogP contribution in [0.15, 0.2) is 36.4 Å². The molecule has 0 amide bonds. The maximum absolute atomic E-state index is 3.87. The maximum Gasteiger partial charge on any atom is -0.0225 e. The first-order chi connectivity index (χ1) is 7.13. The summed E-state index contributed by atoms with van der Waals surface area (Å²) in [5.41, 5.74) is 5.15. The van der Waals surface area contributed by atoms with Crippen molar-refractivity contribution in [3.63, 3.8) is 0 Å². The minimum Gasteiger partial charge on any atom is -0.0961 e. The summed E-state index contributed by atoms with van der Waals surface area (Å²) in [4.78, 5) is 0. The Bertz CT molecular complexity index is 370. The first-order valence-corrected chi connectivity index (χ1v) is 5.56. The van der Waals surface area contributed by atoms with Crippen LogP contribution >= 0.6 is 0 Å². The molecule has 80 valence electrons. The molecule has 0 aliphatic rings. The highest BCUT2D eigenvalue weighted by atomic mass is 14.0. The second kappa shape index (κ2) is 5.55. The summed E-state index contributed by atoms with van der Waals surface area (Å²) in [5.74, 6) is 0. The van der Waals surface area contributed by atoms with Gasteiger partial charge in [-0.15, -0.1) is 0 Å². The molecule has 0 aromatic heterocycles. The molecule has 0 aliphatic carbocycles. The van der Waals surface area contributed by atoms with Gasteiger partial charge in [0.1, 0.15) is 0 Å². The summed E-state index contributed by atoms with van der Waals surface area (Å²) >= 11 is 0. The molecule has 1 aromatic rings. The lowest BCUT2D eigenvalue weighted by Gasteiger charge is -2.04. The second-order valence-corrected chi connectivity index (χ2v) is 4.12. The van der Waals surface area contributed by atoms with E-state index < -0.39 is 0 Å². The van der Waals surface area contributed by atoms with Crippen molar-refractivity contribution in [1.82, 2.24) is 0 Å². The SMILES string of the molecule is C=C(C)/C=C\c1cc(CCC)ccc1C. The molecule has 0 heteroatoms. The normalized spacial score (nSPS) is 10.9. The Balaban J connectivity index is 2.94. The lowest BCUT2D eigenvalue weighted by atomic mass is 10.0. The average Bonchev–Trinajstić information content (AvgIpc) is 2.19. The Kier molecular flexibility index (Phi) is 4.36. The number of benzene rings is 1. The van der Waals surface area contributed by atoms with Crippen LogP contribution < -0.4 is 0 Å². The highest BCUT2D eigenvalue weighted by Gasteiger charge is 1.96. The van der Waals surface area contributed by atoms with Crippen molar-refractivity contribution >= 4 is 6.08 Å². The summed E-state index contributed by atoms with van der Waals surface area (Å²) in [6, 6.07) is 6.69. The smallest absolute Gasteiger partial charge is 0.0225 e. The highest BCUT2D eigenvalue weighted by Crippen LogP contribution is 2.15. The quantitative estimate of drug-likeness (QED) is 0.626. The van der Waals surface area contributed by atoms with Gasteiger partial charge in [-0.3, -0.25) is 0 Å². The van der Waals surface area contributed by atoms with Gasteiger partial charge < -0.3 is 0 Å². The zero-order valence-electron chi connectivity index (χ0n) is 10.0. The Labute approximate surface area is 93.3 Å². The Morgan fingerprint density at radius 3 is 2.73 bits per heavy atom. The minimum absolute atomic E-state index is 1.09. The number of aryl methyl sites for hydroxylation is 2. The Hall–Kier alpha value is -1.30. The van der Waals surface area contributed by atoms with E-state index in [-0.39, 0.29) is 0 Å². The van der Waals surface area contributed by atoms with Gasteiger partial charge >= 0.3 is 0 Å². The van der Waals surface area contributed by atoms with E-state index in [1.165, 1.54) is 23.1 Å². The first-order valence-electron chi connectivity index (χ1n) is 5.56. The highest BCUT2D eigenvalue weighted by molar-refractivity contribution is 5.57. The summed E-state index contributed by atoms with van der Waals surface area (Å²) < 4.78 is 0. The molecule has 0 fully saturated rings. The predicted molar refractivity (Wildman–Crippen MR) is 69.0 cm³/mol. The van der Waals surface area contributed by atoms with Crippen molar-refractivity contribution in [2.24, 2.45) is 0 Å². The lowest BCUT2D eigenvalue weighted by molar-refractivity contribution is 0.920. The van der Waals surface area contributed by atoms with E-state index in [9.17, 15) is 0 Å². The van der Waals surface area contributed by atoms with Crippen LogP contribution in [0, 0.1) is 6.92 Å². The largest absolute Gasteiger partial charge is 0.0961 e. The molecule has 0 bridgehead atoms. The second-order valence-electron chi connectivity index (χ2n) is 4.12. The van der Waals surface area contributed by atoms with Crippen LogP contribution in [0.4, 0.5) is 0 Å². The predicted octanol–water partition coefficient (Wildman–Crippen LogP) is 4.54. The molecule has 0 atom stereocenters. The molecular weight excluding hydrogens is 180 g/mol. The van der Waals surface area contributed by atoms with Crippen LogP contribution in [0.5, 0.6) is 0 Å². The molecule has 0 saturated carbocycles. The van der Waals surface area contributed by atoms with E-state index in [1.54, 1.807) is 0 Å². The van der Waals surface area contributed by atoms with E-state index in [0.29, 0.717) is 0 Å². The molecular formula is C15H20. The van der Waals surface area contributed by atoms with Crippen LogP contribution in [0.25, 0.3) is 6.08 Å². The minimum atomic E-state index is 1.09. The summed E-state index contributed by atoms with van der Waals surface area (Å²) in [5, 5.41) is 0. The molecule has 0 unspecified atom stereocenters. The standard InChI is InChI=1S/C15H20/c1-5-6-14-9-8-13(4)15(11-14)10-7-12(2)3/h7-11H,2,5-6H2,1,3-4H3/b10-7-. The van der Waals surface area contributed by atoms with Crippen molar-refractivity contribution in [2.75, 3.05) is 0 Å². The fourth-order valence-corrected chi connectivity index (χ4v) is 1.55. The van der Waals surface area contributed by atoms with Gasteiger partial charge in [-0.25, -0.2) is 0 Å². The number of hydrogen-bond donors (Lipinski definition) is 0. The van der Waals surface area contributed by atoms with Crippen LogP contribution in [0.3, 0.4) is 0 Å². The van der Waals surface area contributed by atoms with E-state index in [2.05, 4.69) is 50.8 Å². The van der Waals surface area contributed by atoms with Crippen molar-refractivity contribution in [1.29, 1.82) is 0 Å². The molecule has 0 N–H and O–H groups in total. The van der Waals surface area contributed by atoms with Gasteiger partial charge in [-0.2, -0.15) is 0 Å². The zero-order valence-corrected chi connectivity index (χ0v) is 10.0. The molecule has 0 spiro atoms. The Morgan fingerprint density at radius 1 is 1.40 bits per heavy atom. The third-order valence-corrected chi connectivity index (χ3v) is 2.43. The van der Waals surface area contributed by atoms with E-state index in [0.717, 1.165) is 12.0 Å². The molecule has 0 saturated heterocycles. The van der Waals surface area contributed by atoms with Crippen molar-refractivity contribution < 1.29 is 0 Å². The van der Waals surface area contributed by atoms with Gasteiger partial charge in [-0.1, -0.05) is 55.8 Å². The van der Waals surface area contributed by atoms with Crippen LogP contribution in [-0.4, -0.2) is 0 Å². The molecule has 1 aromatic carbocycles. The number of rotatable bonds is 4. The van der Waals surface area contributed by atoms with Gasteiger partial charge in [-0.05, 0) is 37.0 Å². The van der Waals surface area contributed by atoms with Crippen LogP contribution in [0.1, 0.15) is 37.0 Å². The summed E-state index contributed by atoms with van der Waals surface area (Å²) in [6.07, 6.45) is 6.58. The lowest BCUT2D eigenvalue weighted by Crippen LogP contribution is -1.87. The molecule has 0 aliphatic heterocycles. The van der Waals surface area contributed by atoms with E-state index >= 15 is 0 Å². The van der Waals surface area contributed by atoms with Crippen LogP contribution in [0.2, 0.25) is 0 Å². The average molecular weight is 200 g/mol. The Morgan fingerprint density at radius 2 is 2.13 bits per heavy atom. The number of hydrogen-bond acceptors (Lipinski definition) is 0. The summed E-state index contributed by atoms with van der Waals surface area (Å²) in [7, 11) is 0. The number of allylic oxidation sites excluding steroid dienone is 2. The van der Waals surface area contributed by atoms with Crippen molar-refractivity contribution in [3.05, 3.63) is 53.1 Å². The van der Waals surface area contributed by atoms with Crippen molar-refractivity contribution in [3.8, 4) is 0 Å². The van der Waals surface area contributed by atoms with Gasteiger partial charge in [0.15, 0.2) is 0 Å². The van der Waals surface area contributed by atoms with Gasteiger partial charge in [0.2, 0.25) is 0 Å². The first kappa shape index (κ1) is 11.8. The topological polar surface area (TPSA) is 0 Å². The van der Waals surface area contributed by atoms with Gasteiger partial charge in [0.25, 0.3) is 0 Å². The fourth-order valence-electron chi connectivity index (χ4n) is 1.55. The maximum atomic E-state index is 3.87. The fraction of sp³-hybridized carbons (Fsp3) is 0.333. The third kappa shape index (κ3) is 3.75. The van der Waals surface area contributed by atoms with E-state index in [1.807, 2.05) is 6.92 Å². The van der Waals surface area contributed by atoms with E-state index in [4.69, 9.17) is 0 Å².